The van der Waals surface area contributed by atoms with Gasteiger partial charge < -0.3 is 16.4 Å². The maximum atomic E-state index is 11.5. The minimum Gasteiger partial charge on any atom is -0.351 e. The normalized spacial score (nSPS) is 9.76. The Hall–Kier alpha value is -1.88. The number of rotatable bonds is 5. The molecule has 0 aromatic heterocycles. The van der Waals surface area contributed by atoms with E-state index in [2.05, 4.69) is 10.6 Å². The van der Waals surface area contributed by atoms with E-state index in [4.69, 9.17) is 5.73 Å². The number of anilines is 1. The highest BCUT2D eigenvalue weighted by atomic mass is 16.2. The van der Waals surface area contributed by atoms with E-state index in [1.807, 2.05) is 0 Å². The molecule has 0 heterocycles. The quantitative estimate of drug-likeness (QED) is 0.703. The van der Waals surface area contributed by atoms with Gasteiger partial charge in [0.1, 0.15) is 0 Å². The lowest BCUT2D eigenvalue weighted by molar-refractivity contribution is -0.115. The van der Waals surface area contributed by atoms with Crippen molar-refractivity contribution in [3.63, 3.8) is 0 Å². The molecule has 4 N–H and O–H groups in total. The fourth-order valence-corrected chi connectivity index (χ4v) is 1.24. The Morgan fingerprint density at radius 3 is 2.41 bits per heavy atom. The molecular formula is C12H17N3O2. The van der Waals surface area contributed by atoms with Gasteiger partial charge in [-0.1, -0.05) is 6.92 Å². The Morgan fingerprint density at radius 1 is 1.24 bits per heavy atom. The second kappa shape index (κ2) is 6.65. The van der Waals surface area contributed by atoms with Crippen molar-refractivity contribution in [2.45, 2.75) is 13.3 Å². The lowest BCUT2D eigenvalue weighted by Crippen LogP contribution is -2.28. The zero-order valence-electron chi connectivity index (χ0n) is 9.82. The monoisotopic (exact) mass is 235 g/mol. The summed E-state index contributed by atoms with van der Waals surface area (Å²) in [5.74, 6) is -0.214. The number of carbonyl (C=O) groups is 2. The molecule has 17 heavy (non-hydrogen) atoms. The van der Waals surface area contributed by atoms with E-state index in [0.717, 1.165) is 0 Å². The zero-order chi connectivity index (χ0) is 12.7. The van der Waals surface area contributed by atoms with Gasteiger partial charge in [0.05, 0.1) is 0 Å². The van der Waals surface area contributed by atoms with E-state index < -0.39 is 0 Å². The first-order valence-electron chi connectivity index (χ1n) is 5.55. The summed E-state index contributed by atoms with van der Waals surface area (Å²) in [5, 5.41) is 5.38. The van der Waals surface area contributed by atoms with Crippen molar-refractivity contribution < 1.29 is 9.59 Å². The molecule has 1 rings (SSSR count). The van der Waals surface area contributed by atoms with Crippen LogP contribution in [0, 0.1) is 0 Å². The molecule has 1 aromatic carbocycles. The fraction of sp³-hybridized carbons (Fsp3) is 0.333. The summed E-state index contributed by atoms with van der Waals surface area (Å²) in [5.41, 5.74) is 6.52. The summed E-state index contributed by atoms with van der Waals surface area (Å²) in [4.78, 5) is 22.7. The largest absolute Gasteiger partial charge is 0.351 e. The molecule has 0 saturated carbocycles. The Morgan fingerprint density at radius 2 is 1.88 bits per heavy atom. The summed E-state index contributed by atoms with van der Waals surface area (Å²) < 4.78 is 0. The van der Waals surface area contributed by atoms with Crippen LogP contribution in [0.15, 0.2) is 24.3 Å². The van der Waals surface area contributed by atoms with E-state index in [1.54, 1.807) is 31.2 Å². The van der Waals surface area contributed by atoms with Crippen LogP contribution in [0.2, 0.25) is 0 Å². The van der Waals surface area contributed by atoms with Crippen molar-refractivity contribution in [3.05, 3.63) is 29.8 Å². The van der Waals surface area contributed by atoms with Crippen LogP contribution < -0.4 is 16.4 Å². The Labute approximate surface area is 100 Å². The second-order valence-electron chi connectivity index (χ2n) is 3.52. The molecule has 0 aliphatic carbocycles. The summed E-state index contributed by atoms with van der Waals surface area (Å²) >= 11 is 0. The van der Waals surface area contributed by atoms with Crippen molar-refractivity contribution in [3.8, 4) is 0 Å². The van der Waals surface area contributed by atoms with Crippen molar-refractivity contribution in [1.82, 2.24) is 5.32 Å². The first kappa shape index (κ1) is 13.2. The number of amides is 2. The molecule has 0 radical (unpaired) electrons. The minimum atomic E-state index is -0.163. The van der Waals surface area contributed by atoms with E-state index >= 15 is 0 Å². The number of nitrogens with one attached hydrogen (secondary N) is 2. The average Bonchev–Trinajstić information content (AvgIpc) is 2.36. The van der Waals surface area contributed by atoms with Gasteiger partial charge in [0.15, 0.2) is 0 Å². The third kappa shape index (κ3) is 4.24. The van der Waals surface area contributed by atoms with Gasteiger partial charge in [0.25, 0.3) is 5.91 Å². The van der Waals surface area contributed by atoms with E-state index in [-0.39, 0.29) is 11.8 Å². The average molecular weight is 235 g/mol. The first-order chi connectivity index (χ1) is 8.17. The lowest BCUT2D eigenvalue weighted by atomic mass is 10.2. The van der Waals surface area contributed by atoms with Crippen LogP contribution in [0.1, 0.15) is 23.7 Å². The molecule has 0 atom stereocenters. The molecule has 5 nitrogen and oxygen atoms in total. The first-order valence-corrected chi connectivity index (χ1v) is 5.55. The Balaban J connectivity index is 2.61. The predicted molar refractivity (Wildman–Crippen MR) is 66.8 cm³/mol. The molecule has 5 heteroatoms. The zero-order valence-corrected chi connectivity index (χ0v) is 9.82. The topological polar surface area (TPSA) is 84.2 Å². The maximum Gasteiger partial charge on any atom is 0.251 e. The van der Waals surface area contributed by atoms with Crippen molar-refractivity contribution in [2.24, 2.45) is 5.73 Å². The van der Waals surface area contributed by atoms with Crippen LogP contribution in [-0.2, 0) is 4.79 Å². The number of benzene rings is 1. The Bertz CT molecular complexity index is 387. The molecular weight excluding hydrogens is 218 g/mol. The van der Waals surface area contributed by atoms with Gasteiger partial charge in [-0.3, -0.25) is 9.59 Å². The molecule has 0 unspecified atom stereocenters. The van der Waals surface area contributed by atoms with Gasteiger partial charge >= 0.3 is 0 Å². The molecule has 2 amide bonds. The lowest BCUT2D eigenvalue weighted by Gasteiger charge is -2.06. The highest BCUT2D eigenvalue weighted by Crippen LogP contribution is 2.09. The van der Waals surface area contributed by atoms with Crippen LogP contribution in [0.3, 0.4) is 0 Å². The van der Waals surface area contributed by atoms with Gasteiger partial charge in [-0.15, -0.1) is 0 Å². The van der Waals surface area contributed by atoms with Gasteiger partial charge in [-0.05, 0) is 24.3 Å². The standard InChI is InChI=1S/C12H17N3O2/c1-2-11(16)15-10-5-3-9(4-6-10)12(17)14-8-7-13/h3-6H,2,7-8,13H2,1H3,(H,14,17)(H,15,16). The smallest absolute Gasteiger partial charge is 0.251 e. The molecule has 92 valence electrons. The van der Waals surface area contributed by atoms with Crippen LogP contribution in [-0.4, -0.2) is 24.9 Å². The summed E-state index contributed by atoms with van der Waals surface area (Å²) in [6.07, 6.45) is 0.429. The van der Waals surface area contributed by atoms with E-state index in [0.29, 0.717) is 30.8 Å². The molecule has 0 aliphatic rings. The maximum absolute atomic E-state index is 11.5. The van der Waals surface area contributed by atoms with E-state index in [1.165, 1.54) is 0 Å². The van der Waals surface area contributed by atoms with Crippen molar-refractivity contribution >= 4 is 17.5 Å². The third-order valence-electron chi connectivity index (χ3n) is 2.18. The molecule has 1 aromatic rings. The molecule has 0 bridgehead atoms. The molecule has 0 spiro atoms. The highest BCUT2D eigenvalue weighted by Gasteiger charge is 2.04. The van der Waals surface area contributed by atoms with Crippen LogP contribution in [0.25, 0.3) is 0 Å². The highest BCUT2D eigenvalue weighted by molar-refractivity contribution is 5.95. The van der Waals surface area contributed by atoms with Gasteiger partial charge in [0, 0.05) is 30.8 Å². The van der Waals surface area contributed by atoms with Crippen LogP contribution in [0.4, 0.5) is 5.69 Å². The number of carbonyl (C=O) groups excluding carboxylic acids is 2. The van der Waals surface area contributed by atoms with Gasteiger partial charge in [0.2, 0.25) is 5.91 Å². The van der Waals surface area contributed by atoms with E-state index in [9.17, 15) is 9.59 Å². The Kier molecular flexibility index (Phi) is 5.16. The molecule has 0 fully saturated rings. The van der Waals surface area contributed by atoms with Gasteiger partial charge in [-0.2, -0.15) is 0 Å². The minimum absolute atomic E-state index is 0.0506. The predicted octanol–water partition coefficient (Wildman–Crippen LogP) is 0.724. The third-order valence-corrected chi connectivity index (χ3v) is 2.18. The number of nitrogens with two attached hydrogens (primary N) is 1. The summed E-state index contributed by atoms with van der Waals surface area (Å²) in [6.45, 7) is 2.65. The fourth-order valence-electron chi connectivity index (χ4n) is 1.24. The van der Waals surface area contributed by atoms with Crippen molar-refractivity contribution in [2.75, 3.05) is 18.4 Å². The second-order valence-corrected chi connectivity index (χ2v) is 3.52. The van der Waals surface area contributed by atoms with Crippen LogP contribution >= 0.6 is 0 Å². The van der Waals surface area contributed by atoms with Crippen molar-refractivity contribution in [1.29, 1.82) is 0 Å². The summed E-state index contributed by atoms with van der Waals surface area (Å²) in [7, 11) is 0. The van der Waals surface area contributed by atoms with Gasteiger partial charge in [-0.25, -0.2) is 0 Å². The molecule has 0 saturated heterocycles. The summed E-state index contributed by atoms with van der Waals surface area (Å²) in [6, 6.07) is 6.73. The molecule has 0 aliphatic heterocycles. The SMILES string of the molecule is CCC(=O)Nc1ccc(C(=O)NCCN)cc1. The number of hydrogen-bond acceptors (Lipinski definition) is 3. The van der Waals surface area contributed by atoms with Crippen LogP contribution in [0.5, 0.6) is 0 Å². The number of hydrogen-bond donors (Lipinski definition) is 3.